The molecule has 2 nitrogen and oxygen atoms in total. The van der Waals surface area contributed by atoms with Crippen molar-refractivity contribution in [2.75, 3.05) is 7.05 Å². The van der Waals surface area contributed by atoms with E-state index in [1.807, 2.05) is 19.6 Å². The average Bonchev–Trinajstić information content (AvgIpc) is 2.69. The fourth-order valence-corrected chi connectivity index (χ4v) is 2.03. The van der Waals surface area contributed by atoms with Gasteiger partial charge in [0.25, 0.3) is 0 Å². The quantitative estimate of drug-likeness (QED) is 0.771. The van der Waals surface area contributed by atoms with Crippen molar-refractivity contribution < 1.29 is 4.42 Å². The van der Waals surface area contributed by atoms with Crippen LogP contribution < -0.4 is 5.32 Å². The second-order valence-electron chi connectivity index (χ2n) is 4.39. The van der Waals surface area contributed by atoms with Gasteiger partial charge in [-0.1, -0.05) is 6.92 Å². The predicted octanol–water partition coefficient (Wildman–Crippen LogP) is 2.65. The van der Waals surface area contributed by atoms with Crippen LogP contribution in [0.1, 0.15) is 36.9 Å². The first kappa shape index (κ1) is 8.82. The molecule has 0 bridgehead atoms. The molecule has 13 heavy (non-hydrogen) atoms. The van der Waals surface area contributed by atoms with Crippen molar-refractivity contribution in [2.45, 2.75) is 32.7 Å². The van der Waals surface area contributed by atoms with E-state index in [9.17, 15) is 0 Å². The van der Waals surface area contributed by atoms with Gasteiger partial charge in [-0.15, -0.1) is 0 Å². The molecule has 2 heteroatoms. The highest BCUT2D eigenvalue weighted by Crippen LogP contribution is 2.54. The zero-order chi connectivity index (χ0) is 9.47. The van der Waals surface area contributed by atoms with E-state index in [1.54, 1.807) is 0 Å². The molecule has 0 aromatic carbocycles. The molecular weight excluding hydrogens is 162 g/mol. The summed E-state index contributed by atoms with van der Waals surface area (Å²) in [6, 6.07) is 0.464. The Hall–Kier alpha value is -0.760. The maximum absolute atomic E-state index is 5.21. The number of nitrogens with one attached hydrogen (secondary N) is 1. The van der Waals surface area contributed by atoms with Crippen molar-refractivity contribution in [1.82, 2.24) is 5.32 Å². The molecule has 1 N–H and O–H groups in total. The van der Waals surface area contributed by atoms with Crippen LogP contribution in [0.25, 0.3) is 0 Å². The van der Waals surface area contributed by atoms with E-state index in [2.05, 4.69) is 19.2 Å². The van der Waals surface area contributed by atoms with Gasteiger partial charge < -0.3 is 9.73 Å². The highest BCUT2D eigenvalue weighted by Gasteiger charge is 2.45. The van der Waals surface area contributed by atoms with Gasteiger partial charge in [0.15, 0.2) is 0 Å². The first-order valence-electron chi connectivity index (χ1n) is 4.87. The Bertz CT molecular complexity index is 299. The second kappa shape index (κ2) is 2.88. The van der Waals surface area contributed by atoms with Gasteiger partial charge in [-0.25, -0.2) is 0 Å². The Morgan fingerprint density at radius 1 is 1.46 bits per heavy atom. The normalized spacial score (nSPS) is 21.5. The summed E-state index contributed by atoms with van der Waals surface area (Å²) < 4.78 is 5.21. The lowest BCUT2D eigenvalue weighted by molar-refractivity contribution is 0.386. The number of aryl methyl sites for hydroxylation is 1. The molecule has 0 aliphatic heterocycles. The van der Waals surface area contributed by atoms with E-state index < -0.39 is 0 Å². The highest BCUT2D eigenvalue weighted by molar-refractivity contribution is 5.26. The molecule has 0 spiro atoms. The van der Waals surface area contributed by atoms with Gasteiger partial charge in [0.1, 0.15) is 0 Å². The SMILES string of the molecule is CNC(c1cocc1C)C1(C)CC1. The van der Waals surface area contributed by atoms with Gasteiger partial charge in [-0.05, 0) is 37.8 Å². The summed E-state index contributed by atoms with van der Waals surface area (Å²) in [6.45, 7) is 4.44. The van der Waals surface area contributed by atoms with Crippen molar-refractivity contribution >= 4 is 0 Å². The van der Waals surface area contributed by atoms with Gasteiger partial charge in [0.05, 0.1) is 12.5 Å². The smallest absolute Gasteiger partial charge is 0.0953 e. The van der Waals surface area contributed by atoms with Gasteiger partial charge in [-0.2, -0.15) is 0 Å². The van der Waals surface area contributed by atoms with E-state index in [4.69, 9.17) is 4.42 Å². The zero-order valence-corrected chi connectivity index (χ0v) is 8.55. The number of hydrogen-bond donors (Lipinski definition) is 1. The topological polar surface area (TPSA) is 25.2 Å². The molecule has 1 unspecified atom stereocenters. The molecule has 1 atom stereocenters. The minimum atomic E-state index is 0.462. The van der Waals surface area contributed by atoms with Crippen LogP contribution in [-0.4, -0.2) is 7.05 Å². The maximum Gasteiger partial charge on any atom is 0.0953 e. The molecule has 0 radical (unpaired) electrons. The molecule has 1 aromatic rings. The maximum atomic E-state index is 5.21. The van der Waals surface area contributed by atoms with Gasteiger partial charge >= 0.3 is 0 Å². The molecule has 1 aliphatic rings. The van der Waals surface area contributed by atoms with Crippen LogP contribution >= 0.6 is 0 Å². The largest absolute Gasteiger partial charge is 0.472 e. The minimum Gasteiger partial charge on any atom is -0.472 e. The molecule has 1 heterocycles. The number of furan rings is 1. The first-order valence-corrected chi connectivity index (χ1v) is 4.87. The lowest BCUT2D eigenvalue weighted by atomic mass is 9.92. The highest BCUT2D eigenvalue weighted by atomic mass is 16.3. The van der Waals surface area contributed by atoms with Crippen LogP contribution in [0.3, 0.4) is 0 Å². The summed E-state index contributed by atoms with van der Waals surface area (Å²) in [5, 5.41) is 3.39. The third-order valence-electron chi connectivity index (χ3n) is 3.23. The molecule has 72 valence electrons. The molecule has 1 saturated carbocycles. The van der Waals surface area contributed by atoms with Gasteiger partial charge in [0.2, 0.25) is 0 Å². The van der Waals surface area contributed by atoms with Crippen LogP contribution in [-0.2, 0) is 0 Å². The lowest BCUT2D eigenvalue weighted by Gasteiger charge is -2.22. The Morgan fingerprint density at radius 3 is 2.54 bits per heavy atom. The predicted molar refractivity (Wildman–Crippen MR) is 52.6 cm³/mol. The molecule has 1 aliphatic carbocycles. The lowest BCUT2D eigenvalue weighted by Crippen LogP contribution is -2.24. The molecular formula is C11H17NO. The van der Waals surface area contributed by atoms with Crippen LogP contribution in [0.15, 0.2) is 16.9 Å². The van der Waals surface area contributed by atoms with E-state index in [0.717, 1.165) is 0 Å². The molecule has 2 rings (SSSR count). The third kappa shape index (κ3) is 1.39. The van der Waals surface area contributed by atoms with E-state index in [1.165, 1.54) is 24.0 Å². The number of rotatable bonds is 3. The van der Waals surface area contributed by atoms with Crippen LogP contribution in [0.2, 0.25) is 0 Å². The summed E-state index contributed by atoms with van der Waals surface area (Å²) in [4.78, 5) is 0. The van der Waals surface area contributed by atoms with Crippen LogP contribution in [0.4, 0.5) is 0 Å². The van der Waals surface area contributed by atoms with E-state index in [-0.39, 0.29) is 0 Å². The molecule has 1 aromatic heterocycles. The monoisotopic (exact) mass is 179 g/mol. The number of hydrogen-bond acceptors (Lipinski definition) is 2. The van der Waals surface area contributed by atoms with E-state index >= 15 is 0 Å². The average molecular weight is 179 g/mol. The standard InChI is InChI=1S/C11H17NO/c1-8-6-13-7-9(8)10(12-3)11(2)4-5-11/h6-7,10,12H,4-5H2,1-3H3. The zero-order valence-electron chi connectivity index (χ0n) is 8.55. The van der Waals surface area contributed by atoms with E-state index in [0.29, 0.717) is 11.5 Å². The fraction of sp³-hybridized carbons (Fsp3) is 0.636. The van der Waals surface area contributed by atoms with Crippen molar-refractivity contribution in [3.63, 3.8) is 0 Å². The van der Waals surface area contributed by atoms with Crippen molar-refractivity contribution in [1.29, 1.82) is 0 Å². The summed E-state index contributed by atoms with van der Waals surface area (Å²) in [7, 11) is 2.03. The van der Waals surface area contributed by atoms with Crippen LogP contribution in [0.5, 0.6) is 0 Å². The Kier molecular flexibility index (Phi) is 1.95. The second-order valence-corrected chi connectivity index (χ2v) is 4.39. The summed E-state index contributed by atoms with van der Waals surface area (Å²) in [5.74, 6) is 0. The molecule has 1 fully saturated rings. The summed E-state index contributed by atoms with van der Waals surface area (Å²) in [5.41, 5.74) is 3.04. The minimum absolute atomic E-state index is 0.462. The third-order valence-corrected chi connectivity index (χ3v) is 3.23. The van der Waals surface area contributed by atoms with Crippen LogP contribution in [0, 0.1) is 12.3 Å². The Balaban J connectivity index is 2.27. The van der Waals surface area contributed by atoms with Gasteiger partial charge in [0, 0.05) is 11.6 Å². The summed E-state index contributed by atoms with van der Waals surface area (Å²) in [6.07, 6.45) is 6.34. The van der Waals surface area contributed by atoms with Crippen molar-refractivity contribution in [3.05, 3.63) is 23.7 Å². The van der Waals surface area contributed by atoms with Crippen molar-refractivity contribution in [2.24, 2.45) is 5.41 Å². The Morgan fingerprint density at radius 2 is 2.15 bits per heavy atom. The molecule has 0 saturated heterocycles. The first-order chi connectivity index (χ1) is 6.17. The van der Waals surface area contributed by atoms with Gasteiger partial charge in [-0.3, -0.25) is 0 Å². The fourth-order valence-electron chi connectivity index (χ4n) is 2.03. The summed E-state index contributed by atoms with van der Waals surface area (Å²) >= 11 is 0. The Labute approximate surface area is 79.3 Å². The van der Waals surface area contributed by atoms with Crippen molar-refractivity contribution in [3.8, 4) is 0 Å². The molecule has 0 amide bonds.